The van der Waals surface area contributed by atoms with E-state index in [2.05, 4.69) is 0 Å². The Bertz CT molecular complexity index is 1060. The number of carboxylic acid groups (broad SMARTS) is 1. The molecule has 0 unspecified atom stereocenters. The monoisotopic (exact) mass is 421 g/mol. The van der Waals surface area contributed by atoms with Crippen molar-refractivity contribution in [1.82, 2.24) is 4.40 Å². The number of nitrogens with zero attached hydrogens (tertiary/aromatic N) is 2. The Morgan fingerprint density at radius 1 is 1.24 bits per heavy atom. The molecule has 1 aliphatic heterocycles. The first kappa shape index (κ1) is 20.2. The van der Waals surface area contributed by atoms with Crippen LogP contribution in [-0.4, -0.2) is 34.6 Å². The van der Waals surface area contributed by atoms with Crippen molar-refractivity contribution in [1.29, 1.82) is 0 Å². The second-order valence-electron chi connectivity index (χ2n) is 8.64. The summed E-state index contributed by atoms with van der Waals surface area (Å²) in [6, 6.07) is 1.52. The molecule has 29 heavy (non-hydrogen) atoms. The number of nitrogens with two attached hydrogens (primary N) is 1. The Balaban J connectivity index is 0.00000205. The first-order chi connectivity index (χ1) is 13.4. The smallest absolute Gasteiger partial charge is 0.341 e. The maximum atomic E-state index is 15.2. The molecule has 2 atom stereocenters. The molecule has 2 aliphatic carbocycles. The van der Waals surface area contributed by atoms with Crippen molar-refractivity contribution in [3.8, 4) is 0 Å². The van der Waals surface area contributed by atoms with E-state index in [4.69, 9.17) is 5.73 Å². The molecule has 156 valence electrons. The van der Waals surface area contributed by atoms with Gasteiger partial charge in [-0.3, -0.25) is 9.20 Å². The standard InChI is InChI=1S/C21H24FN3O3.ClH/c1-10-18-13(11-2-3-11)6-14(21(27)28)20(26)25(18)8-16(22)19(10)24-7-15(12-4-5-12)17(23)9-24;/h6,8,11-12,15,17H,2-5,7,9,23H2,1H3,(H,27,28);1H/t15-,17+;/m1./s1. The molecule has 6 nitrogen and oxygen atoms in total. The zero-order chi connectivity index (χ0) is 19.7. The molecule has 3 fully saturated rings. The van der Waals surface area contributed by atoms with Crippen LogP contribution in [0.25, 0.3) is 5.52 Å². The van der Waals surface area contributed by atoms with Crippen LogP contribution in [0.2, 0.25) is 0 Å². The Labute approximate surface area is 173 Å². The van der Waals surface area contributed by atoms with E-state index in [1.54, 1.807) is 0 Å². The number of aromatic nitrogens is 1. The quantitative estimate of drug-likeness (QED) is 0.792. The summed E-state index contributed by atoms with van der Waals surface area (Å²) in [4.78, 5) is 26.2. The minimum atomic E-state index is -1.28. The number of rotatable bonds is 4. The first-order valence-electron chi connectivity index (χ1n) is 9.99. The number of halogens is 2. The van der Waals surface area contributed by atoms with E-state index in [1.807, 2.05) is 11.8 Å². The van der Waals surface area contributed by atoms with E-state index in [9.17, 15) is 14.7 Å². The Morgan fingerprint density at radius 2 is 1.93 bits per heavy atom. The average Bonchev–Trinajstić information content (AvgIpc) is 3.54. The van der Waals surface area contributed by atoms with Crippen LogP contribution in [-0.2, 0) is 0 Å². The van der Waals surface area contributed by atoms with Crippen LogP contribution in [0.5, 0.6) is 0 Å². The number of hydrogen-bond acceptors (Lipinski definition) is 4. The predicted octanol–water partition coefficient (Wildman–Crippen LogP) is 2.92. The highest BCUT2D eigenvalue weighted by molar-refractivity contribution is 5.89. The van der Waals surface area contributed by atoms with Gasteiger partial charge in [-0.25, -0.2) is 9.18 Å². The Kier molecular flexibility index (Phi) is 4.86. The molecule has 0 amide bonds. The third-order valence-electron chi connectivity index (χ3n) is 6.65. The molecule has 3 heterocycles. The number of pyridine rings is 2. The third kappa shape index (κ3) is 3.20. The van der Waals surface area contributed by atoms with Crippen molar-refractivity contribution < 1.29 is 14.3 Å². The summed E-state index contributed by atoms with van der Waals surface area (Å²) in [5.41, 5.74) is 8.03. The van der Waals surface area contributed by atoms with Crippen molar-refractivity contribution in [3.05, 3.63) is 45.1 Å². The molecule has 2 aromatic heterocycles. The van der Waals surface area contributed by atoms with Crippen LogP contribution < -0.4 is 16.2 Å². The summed E-state index contributed by atoms with van der Waals surface area (Å²) >= 11 is 0. The van der Waals surface area contributed by atoms with Crippen molar-refractivity contribution in [3.63, 3.8) is 0 Å². The molecule has 2 saturated carbocycles. The summed E-state index contributed by atoms with van der Waals surface area (Å²) in [5.74, 6) is -0.520. The molecule has 2 aromatic rings. The zero-order valence-electron chi connectivity index (χ0n) is 16.2. The van der Waals surface area contributed by atoms with Crippen LogP contribution in [0.3, 0.4) is 0 Å². The number of fused-ring (bicyclic) bond motifs is 1. The van der Waals surface area contributed by atoms with Gasteiger partial charge >= 0.3 is 5.97 Å². The van der Waals surface area contributed by atoms with Gasteiger partial charge in [0, 0.05) is 19.1 Å². The lowest BCUT2D eigenvalue weighted by molar-refractivity contribution is 0.0694. The maximum absolute atomic E-state index is 15.2. The van der Waals surface area contributed by atoms with Gasteiger partial charge in [-0.2, -0.15) is 0 Å². The summed E-state index contributed by atoms with van der Waals surface area (Å²) < 4.78 is 16.4. The second kappa shape index (κ2) is 6.99. The van der Waals surface area contributed by atoms with Gasteiger partial charge in [0.25, 0.3) is 5.56 Å². The van der Waals surface area contributed by atoms with E-state index in [0.717, 1.165) is 31.1 Å². The number of aryl methyl sites for hydroxylation is 1. The van der Waals surface area contributed by atoms with E-state index in [-0.39, 0.29) is 29.9 Å². The number of hydrogen-bond donors (Lipinski definition) is 2. The molecule has 5 rings (SSSR count). The topological polar surface area (TPSA) is 88.0 Å². The van der Waals surface area contributed by atoms with Crippen LogP contribution in [0.4, 0.5) is 10.1 Å². The molecule has 3 aliphatic rings. The van der Waals surface area contributed by atoms with E-state index < -0.39 is 17.3 Å². The van der Waals surface area contributed by atoms with Gasteiger partial charge in [0.05, 0.1) is 17.4 Å². The van der Waals surface area contributed by atoms with Crippen LogP contribution >= 0.6 is 12.4 Å². The summed E-state index contributed by atoms with van der Waals surface area (Å²) in [6.45, 7) is 3.16. The molecule has 8 heteroatoms. The maximum Gasteiger partial charge on any atom is 0.341 e. The molecule has 0 bridgehead atoms. The van der Waals surface area contributed by atoms with Crippen LogP contribution in [0, 0.1) is 24.6 Å². The molecule has 0 spiro atoms. The van der Waals surface area contributed by atoms with E-state index in [1.165, 1.54) is 23.3 Å². The molecule has 0 aromatic carbocycles. The highest BCUT2D eigenvalue weighted by atomic mass is 35.5. The highest BCUT2D eigenvalue weighted by Crippen LogP contribution is 2.45. The minimum absolute atomic E-state index is 0. The fourth-order valence-corrected chi connectivity index (χ4v) is 4.95. The van der Waals surface area contributed by atoms with Crippen molar-refractivity contribution in [2.24, 2.45) is 17.6 Å². The SMILES string of the molecule is Cc1c(N2C[C@H](C3CC3)[C@@H](N)C2)c(F)cn2c(=O)c(C(=O)O)cc(C3CC3)c12.Cl. The van der Waals surface area contributed by atoms with Gasteiger partial charge in [0.1, 0.15) is 5.56 Å². The predicted molar refractivity (Wildman–Crippen MR) is 111 cm³/mol. The highest BCUT2D eigenvalue weighted by Gasteiger charge is 2.42. The Hall–Kier alpha value is -2.12. The number of aromatic carboxylic acids is 1. The van der Waals surface area contributed by atoms with Gasteiger partial charge in [-0.1, -0.05) is 0 Å². The van der Waals surface area contributed by atoms with Gasteiger partial charge in [-0.05, 0) is 67.6 Å². The summed E-state index contributed by atoms with van der Waals surface area (Å²) in [6.07, 6.45) is 5.47. The van der Waals surface area contributed by atoms with Gasteiger partial charge in [-0.15, -0.1) is 12.4 Å². The van der Waals surface area contributed by atoms with E-state index in [0.29, 0.717) is 35.1 Å². The lowest BCUT2D eigenvalue weighted by atomic mass is 9.99. The van der Waals surface area contributed by atoms with Gasteiger partial charge < -0.3 is 15.7 Å². The molecule has 3 N–H and O–H groups in total. The van der Waals surface area contributed by atoms with Gasteiger partial charge in [0.2, 0.25) is 0 Å². The minimum Gasteiger partial charge on any atom is -0.477 e. The zero-order valence-corrected chi connectivity index (χ0v) is 17.0. The number of anilines is 1. The second-order valence-corrected chi connectivity index (χ2v) is 8.64. The first-order valence-corrected chi connectivity index (χ1v) is 9.99. The molecular formula is C21H25ClFN3O3. The van der Waals surface area contributed by atoms with Crippen LogP contribution in [0.15, 0.2) is 17.1 Å². The fraction of sp³-hybridized carbons (Fsp3) is 0.524. The molecule has 0 radical (unpaired) electrons. The van der Waals surface area contributed by atoms with Crippen molar-refractivity contribution in [2.45, 2.75) is 44.6 Å². The summed E-state index contributed by atoms with van der Waals surface area (Å²) in [7, 11) is 0. The van der Waals surface area contributed by atoms with Crippen molar-refractivity contribution >= 4 is 29.6 Å². The molecular weight excluding hydrogens is 397 g/mol. The number of carboxylic acids is 1. The normalized spacial score (nSPS) is 24.0. The lowest BCUT2D eigenvalue weighted by Crippen LogP contribution is -2.31. The van der Waals surface area contributed by atoms with E-state index >= 15 is 4.39 Å². The number of carbonyl (C=O) groups is 1. The van der Waals surface area contributed by atoms with Crippen LogP contribution in [0.1, 0.15) is 53.1 Å². The van der Waals surface area contributed by atoms with Crippen molar-refractivity contribution in [2.75, 3.05) is 18.0 Å². The summed E-state index contributed by atoms with van der Waals surface area (Å²) in [5, 5.41) is 9.40. The molecule has 1 saturated heterocycles. The lowest BCUT2D eigenvalue weighted by Gasteiger charge is -2.24. The Morgan fingerprint density at radius 3 is 2.52 bits per heavy atom. The van der Waals surface area contributed by atoms with Gasteiger partial charge in [0.15, 0.2) is 5.82 Å². The fourth-order valence-electron chi connectivity index (χ4n) is 4.95. The average molecular weight is 422 g/mol. The largest absolute Gasteiger partial charge is 0.477 e. The third-order valence-corrected chi connectivity index (χ3v) is 6.65.